The summed E-state index contributed by atoms with van der Waals surface area (Å²) in [6.45, 7) is 2.28. The van der Waals surface area contributed by atoms with Gasteiger partial charge in [-0.05, 0) is 52.3 Å². The van der Waals surface area contributed by atoms with Crippen molar-refractivity contribution < 1.29 is 9.53 Å². The lowest BCUT2D eigenvalue weighted by Crippen LogP contribution is -2.43. The third kappa shape index (κ3) is 3.53. The number of nitrogens with zero attached hydrogens (tertiary/aromatic N) is 1. The maximum Gasteiger partial charge on any atom is 0.330 e. The van der Waals surface area contributed by atoms with Gasteiger partial charge in [-0.3, -0.25) is 4.90 Å². The summed E-state index contributed by atoms with van der Waals surface area (Å²) >= 11 is 0. The zero-order valence-corrected chi connectivity index (χ0v) is 13.3. The monoisotopic (exact) mass is 287 g/mol. The van der Waals surface area contributed by atoms with E-state index in [4.69, 9.17) is 4.74 Å². The SMILES string of the molecule is CCOC(=O)C=C1CCC(c2ccccc2)(N(C)C)CC1. The summed E-state index contributed by atoms with van der Waals surface area (Å²) in [6.07, 6.45) is 5.66. The molecule has 0 unspecified atom stereocenters. The van der Waals surface area contributed by atoms with E-state index in [0.717, 1.165) is 25.7 Å². The molecule has 0 heterocycles. The number of hydrogen-bond acceptors (Lipinski definition) is 3. The van der Waals surface area contributed by atoms with Gasteiger partial charge in [0.2, 0.25) is 0 Å². The molecule has 1 saturated carbocycles. The van der Waals surface area contributed by atoms with E-state index >= 15 is 0 Å². The summed E-state index contributed by atoms with van der Waals surface area (Å²) in [7, 11) is 4.29. The van der Waals surface area contributed by atoms with Crippen molar-refractivity contribution in [2.24, 2.45) is 0 Å². The maximum absolute atomic E-state index is 11.6. The van der Waals surface area contributed by atoms with Gasteiger partial charge < -0.3 is 4.74 Å². The molecule has 0 N–H and O–H groups in total. The molecule has 0 radical (unpaired) electrons. The molecular weight excluding hydrogens is 262 g/mol. The van der Waals surface area contributed by atoms with Crippen LogP contribution in [-0.4, -0.2) is 31.6 Å². The lowest BCUT2D eigenvalue weighted by Gasteiger charge is -2.44. The first kappa shape index (κ1) is 15.8. The summed E-state index contributed by atoms with van der Waals surface area (Å²) in [5.74, 6) is -0.204. The highest BCUT2D eigenvalue weighted by molar-refractivity contribution is 5.82. The molecule has 0 atom stereocenters. The van der Waals surface area contributed by atoms with Crippen LogP contribution in [0.15, 0.2) is 42.0 Å². The van der Waals surface area contributed by atoms with Crippen LogP contribution in [0.1, 0.15) is 38.2 Å². The van der Waals surface area contributed by atoms with Crippen molar-refractivity contribution in [1.82, 2.24) is 4.90 Å². The van der Waals surface area contributed by atoms with E-state index in [1.807, 2.05) is 6.92 Å². The molecule has 1 aliphatic rings. The van der Waals surface area contributed by atoms with E-state index in [-0.39, 0.29) is 11.5 Å². The van der Waals surface area contributed by atoms with E-state index in [0.29, 0.717) is 6.61 Å². The fourth-order valence-electron chi connectivity index (χ4n) is 3.22. The van der Waals surface area contributed by atoms with Gasteiger partial charge in [0.25, 0.3) is 0 Å². The van der Waals surface area contributed by atoms with Gasteiger partial charge >= 0.3 is 5.97 Å². The molecule has 1 aromatic rings. The van der Waals surface area contributed by atoms with Gasteiger partial charge in [-0.2, -0.15) is 0 Å². The summed E-state index contributed by atoms with van der Waals surface area (Å²) in [4.78, 5) is 13.9. The number of benzene rings is 1. The van der Waals surface area contributed by atoms with Gasteiger partial charge in [-0.25, -0.2) is 4.79 Å². The molecule has 21 heavy (non-hydrogen) atoms. The fourth-order valence-corrected chi connectivity index (χ4v) is 3.22. The number of esters is 1. The Kier molecular flexibility index (Phi) is 5.18. The first-order chi connectivity index (χ1) is 10.1. The predicted octanol–water partition coefficient (Wildman–Crippen LogP) is 3.51. The average molecular weight is 287 g/mol. The smallest absolute Gasteiger partial charge is 0.330 e. The van der Waals surface area contributed by atoms with E-state index in [1.165, 1.54) is 11.1 Å². The van der Waals surface area contributed by atoms with Crippen molar-refractivity contribution in [2.75, 3.05) is 20.7 Å². The van der Waals surface area contributed by atoms with Crippen LogP contribution in [0.2, 0.25) is 0 Å². The highest BCUT2D eigenvalue weighted by Crippen LogP contribution is 2.42. The molecule has 1 aromatic carbocycles. The van der Waals surface area contributed by atoms with Crippen LogP contribution in [-0.2, 0) is 15.1 Å². The van der Waals surface area contributed by atoms with Gasteiger partial charge in [0.1, 0.15) is 0 Å². The molecular formula is C18H25NO2. The second-order valence-corrected chi connectivity index (χ2v) is 5.85. The first-order valence-electron chi connectivity index (χ1n) is 7.67. The lowest BCUT2D eigenvalue weighted by atomic mass is 9.74. The third-order valence-electron chi connectivity index (χ3n) is 4.50. The summed E-state index contributed by atoms with van der Waals surface area (Å²) in [5.41, 5.74) is 2.65. The summed E-state index contributed by atoms with van der Waals surface area (Å²) < 4.78 is 5.00. The van der Waals surface area contributed by atoms with Crippen LogP contribution in [0.25, 0.3) is 0 Å². The standard InChI is InChI=1S/C18H25NO2/c1-4-21-17(20)14-15-10-12-18(13-11-15,19(2)3)16-8-6-5-7-9-16/h5-9,14H,4,10-13H2,1-3H3. The Balaban J connectivity index is 2.14. The van der Waals surface area contributed by atoms with Crippen LogP contribution in [0, 0.1) is 0 Å². The second kappa shape index (κ2) is 6.90. The van der Waals surface area contributed by atoms with Gasteiger partial charge in [0.05, 0.1) is 6.61 Å². The Morgan fingerprint density at radius 1 is 1.24 bits per heavy atom. The molecule has 114 valence electrons. The number of hydrogen-bond donors (Lipinski definition) is 0. The largest absolute Gasteiger partial charge is 0.463 e. The van der Waals surface area contributed by atoms with Crippen LogP contribution >= 0.6 is 0 Å². The maximum atomic E-state index is 11.6. The molecule has 3 nitrogen and oxygen atoms in total. The molecule has 0 amide bonds. The Hall–Kier alpha value is -1.61. The van der Waals surface area contributed by atoms with Crippen LogP contribution in [0.5, 0.6) is 0 Å². The minimum atomic E-state index is -0.204. The van der Waals surface area contributed by atoms with Crippen molar-refractivity contribution in [3.63, 3.8) is 0 Å². The number of carbonyl (C=O) groups excluding carboxylic acids is 1. The Labute approximate surface area is 127 Å². The van der Waals surface area contributed by atoms with Gasteiger partial charge in [-0.15, -0.1) is 0 Å². The molecule has 0 spiro atoms. The average Bonchev–Trinajstić information content (AvgIpc) is 2.49. The molecule has 0 aliphatic heterocycles. The predicted molar refractivity (Wildman–Crippen MR) is 85.0 cm³/mol. The zero-order valence-electron chi connectivity index (χ0n) is 13.3. The molecule has 3 heteroatoms. The quantitative estimate of drug-likeness (QED) is 0.627. The summed E-state index contributed by atoms with van der Waals surface area (Å²) in [5, 5.41) is 0. The minimum Gasteiger partial charge on any atom is -0.463 e. The van der Waals surface area contributed by atoms with Crippen molar-refractivity contribution in [1.29, 1.82) is 0 Å². The highest BCUT2D eigenvalue weighted by atomic mass is 16.5. The van der Waals surface area contributed by atoms with Crippen LogP contribution < -0.4 is 0 Å². The Bertz CT molecular complexity index is 495. The second-order valence-electron chi connectivity index (χ2n) is 5.85. The lowest BCUT2D eigenvalue weighted by molar-refractivity contribution is -0.137. The Morgan fingerprint density at radius 2 is 1.86 bits per heavy atom. The molecule has 1 aliphatic carbocycles. The number of ether oxygens (including phenoxy) is 1. The summed E-state index contributed by atoms with van der Waals surface area (Å²) in [6, 6.07) is 10.7. The fraction of sp³-hybridized carbons (Fsp3) is 0.500. The normalized spacial score (nSPS) is 22.2. The van der Waals surface area contributed by atoms with Crippen LogP contribution in [0.3, 0.4) is 0 Å². The van der Waals surface area contributed by atoms with Gasteiger partial charge in [0.15, 0.2) is 0 Å². The number of carbonyl (C=O) groups is 1. The van der Waals surface area contributed by atoms with E-state index in [2.05, 4.69) is 49.3 Å². The van der Waals surface area contributed by atoms with Crippen molar-refractivity contribution in [2.45, 2.75) is 38.1 Å². The van der Waals surface area contributed by atoms with E-state index < -0.39 is 0 Å². The van der Waals surface area contributed by atoms with Crippen molar-refractivity contribution >= 4 is 5.97 Å². The van der Waals surface area contributed by atoms with Crippen LogP contribution in [0.4, 0.5) is 0 Å². The number of allylic oxidation sites excluding steroid dienone is 1. The Morgan fingerprint density at radius 3 is 2.38 bits per heavy atom. The first-order valence-corrected chi connectivity index (χ1v) is 7.67. The molecule has 2 rings (SSSR count). The zero-order chi connectivity index (χ0) is 15.3. The number of rotatable bonds is 4. The molecule has 1 fully saturated rings. The molecule has 0 bridgehead atoms. The topological polar surface area (TPSA) is 29.5 Å². The van der Waals surface area contributed by atoms with E-state index in [9.17, 15) is 4.79 Å². The van der Waals surface area contributed by atoms with Gasteiger partial charge in [0, 0.05) is 11.6 Å². The third-order valence-corrected chi connectivity index (χ3v) is 4.50. The molecule has 0 saturated heterocycles. The van der Waals surface area contributed by atoms with Crippen molar-refractivity contribution in [3.8, 4) is 0 Å². The van der Waals surface area contributed by atoms with Crippen molar-refractivity contribution in [3.05, 3.63) is 47.5 Å². The highest BCUT2D eigenvalue weighted by Gasteiger charge is 2.37. The van der Waals surface area contributed by atoms with E-state index in [1.54, 1.807) is 6.08 Å². The van der Waals surface area contributed by atoms with Gasteiger partial charge in [-0.1, -0.05) is 35.9 Å². The minimum absolute atomic E-state index is 0.0766. The molecule has 0 aromatic heterocycles.